The summed E-state index contributed by atoms with van der Waals surface area (Å²) in [5.74, 6) is 0.283. The van der Waals surface area contributed by atoms with Gasteiger partial charge in [0.15, 0.2) is 5.82 Å². The number of amides is 1. The molecule has 144 valence electrons. The third-order valence-corrected chi connectivity index (χ3v) is 5.80. The van der Waals surface area contributed by atoms with Crippen molar-refractivity contribution in [2.75, 3.05) is 6.54 Å². The van der Waals surface area contributed by atoms with Crippen LogP contribution in [0.25, 0.3) is 11.6 Å². The highest BCUT2D eigenvalue weighted by Crippen LogP contribution is 2.35. The largest absolute Gasteiger partial charge is 0.356 e. The van der Waals surface area contributed by atoms with Crippen LogP contribution in [-0.2, 0) is 6.42 Å². The molecular weight excluding hydrogens is 385 g/mol. The number of nitrogens with one attached hydrogen (secondary N) is 1. The highest BCUT2D eigenvalue weighted by atomic mass is 35.5. The van der Waals surface area contributed by atoms with Gasteiger partial charge in [0.25, 0.3) is 11.8 Å². The summed E-state index contributed by atoms with van der Waals surface area (Å²) in [5, 5.41) is 4.68. The zero-order valence-corrected chi connectivity index (χ0v) is 15.6. The average molecular weight is 402 g/mol. The number of halogens is 2. The zero-order valence-electron chi connectivity index (χ0n) is 14.9. The molecule has 1 amide bonds. The molecule has 0 aromatic carbocycles. The Balaban J connectivity index is 1.40. The second-order valence-electron chi connectivity index (χ2n) is 7.28. The monoisotopic (exact) mass is 401 g/mol. The van der Waals surface area contributed by atoms with Crippen molar-refractivity contribution < 1.29 is 13.7 Å². The quantitative estimate of drug-likeness (QED) is 0.663. The van der Waals surface area contributed by atoms with Crippen LogP contribution in [0.1, 0.15) is 46.9 Å². The first kappa shape index (κ1) is 17.4. The molecule has 0 unspecified atom stereocenters. The third-order valence-electron chi connectivity index (χ3n) is 5.59. The van der Waals surface area contributed by atoms with Gasteiger partial charge in [-0.1, -0.05) is 16.8 Å². The second kappa shape index (κ2) is 6.70. The van der Waals surface area contributed by atoms with Crippen molar-refractivity contribution in [1.82, 2.24) is 25.0 Å². The fourth-order valence-electron chi connectivity index (χ4n) is 4.13. The Morgan fingerprint density at radius 1 is 1.29 bits per heavy atom. The van der Waals surface area contributed by atoms with E-state index in [4.69, 9.17) is 16.1 Å². The van der Waals surface area contributed by atoms with Crippen molar-refractivity contribution >= 4 is 17.5 Å². The predicted octanol–water partition coefficient (Wildman–Crippen LogP) is 3.59. The van der Waals surface area contributed by atoms with Crippen molar-refractivity contribution in [3.05, 3.63) is 52.4 Å². The van der Waals surface area contributed by atoms with Gasteiger partial charge in [-0.25, -0.2) is 4.98 Å². The normalized spacial score (nSPS) is 21.9. The van der Waals surface area contributed by atoms with E-state index < -0.39 is 5.95 Å². The SMILES string of the molecule is O=C1c2cnc(F)cc2CC[C@H]2CC[C@@H](c3noc(-c4cc(Cl)c[nH]4)n3)CN12. The maximum absolute atomic E-state index is 13.5. The van der Waals surface area contributed by atoms with E-state index >= 15 is 0 Å². The number of nitrogens with zero attached hydrogens (tertiary/aromatic N) is 4. The molecule has 0 saturated carbocycles. The summed E-state index contributed by atoms with van der Waals surface area (Å²) in [7, 11) is 0. The first-order chi connectivity index (χ1) is 13.6. The van der Waals surface area contributed by atoms with Gasteiger partial charge in [-0.3, -0.25) is 4.79 Å². The van der Waals surface area contributed by atoms with Gasteiger partial charge in [-0.2, -0.15) is 9.37 Å². The Morgan fingerprint density at radius 2 is 2.18 bits per heavy atom. The number of aromatic nitrogens is 4. The fraction of sp³-hybridized carbons (Fsp3) is 0.368. The smallest absolute Gasteiger partial charge is 0.274 e. The van der Waals surface area contributed by atoms with Crippen molar-refractivity contribution in [2.45, 2.75) is 37.6 Å². The van der Waals surface area contributed by atoms with Crippen LogP contribution in [0.5, 0.6) is 0 Å². The lowest BCUT2D eigenvalue weighted by Crippen LogP contribution is -2.45. The number of piperidine rings is 1. The van der Waals surface area contributed by atoms with Gasteiger partial charge in [0.2, 0.25) is 5.95 Å². The number of carbonyl (C=O) groups is 1. The summed E-state index contributed by atoms with van der Waals surface area (Å²) < 4.78 is 18.8. The maximum Gasteiger partial charge on any atom is 0.274 e. The number of hydrogen-bond acceptors (Lipinski definition) is 5. The molecule has 7 nitrogen and oxygen atoms in total. The molecule has 1 fully saturated rings. The first-order valence-electron chi connectivity index (χ1n) is 9.22. The van der Waals surface area contributed by atoms with E-state index in [2.05, 4.69) is 20.1 Å². The minimum atomic E-state index is -0.548. The molecule has 2 aliphatic rings. The number of fused-ring (bicyclic) bond motifs is 2. The van der Waals surface area contributed by atoms with Crippen LogP contribution in [0, 0.1) is 5.95 Å². The van der Waals surface area contributed by atoms with Crippen LogP contribution in [0.2, 0.25) is 5.02 Å². The number of pyridine rings is 1. The number of aryl methyl sites for hydroxylation is 1. The van der Waals surface area contributed by atoms with Crippen molar-refractivity contribution in [1.29, 1.82) is 0 Å². The Hall–Kier alpha value is -2.74. The molecule has 28 heavy (non-hydrogen) atoms. The van der Waals surface area contributed by atoms with E-state index in [0.717, 1.165) is 24.8 Å². The number of H-pyrrole nitrogens is 1. The third kappa shape index (κ3) is 2.97. The van der Waals surface area contributed by atoms with Gasteiger partial charge < -0.3 is 14.4 Å². The first-order valence-corrected chi connectivity index (χ1v) is 9.59. The Bertz CT molecular complexity index is 1050. The molecule has 0 spiro atoms. The Kier molecular flexibility index (Phi) is 4.16. The number of hydrogen-bond donors (Lipinski definition) is 1. The van der Waals surface area contributed by atoms with Gasteiger partial charge in [-0.05, 0) is 43.4 Å². The van der Waals surface area contributed by atoms with Gasteiger partial charge in [-0.15, -0.1) is 0 Å². The summed E-state index contributed by atoms with van der Waals surface area (Å²) >= 11 is 5.93. The van der Waals surface area contributed by atoms with Crippen molar-refractivity contribution in [2.24, 2.45) is 0 Å². The molecule has 2 atom stereocenters. The maximum atomic E-state index is 13.5. The highest BCUT2D eigenvalue weighted by Gasteiger charge is 2.37. The minimum Gasteiger partial charge on any atom is -0.356 e. The van der Waals surface area contributed by atoms with E-state index in [-0.39, 0.29) is 17.9 Å². The summed E-state index contributed by atoms with van der Waals surface area (Å²) in [5.41, 5.74) is 1.87. The highest BCUT2D eigenvalue weighted by molar-refractivity contribution is 6.30. The van der Waals surface area contributed by atoms with Crippen molar-refractivity contribution in [3.63, 3.8) is 0 Å². The van der Waals surface area contributed by atoms with Crippen LogP contribution >= 0.6 is 11.6 Å². The molecule has 0 bridgehead atoms. The molecule has 0 radical (unpaired) electrons. The molecule has 5 heterocycles. The lowest BCUT2D eigenvalue weighted by atomic mass is 9.90. The van der Waals surface area contributed by atoms with E-state index in [1.165, 1.54) is 12.3 Å². The molecule has 1 saturated heterocycles. The number of carbonyl (C=O) groups excluding carboxylic acids is 1. The molecule has 3 aromatic rings. The van der Waals surface area contributed by atoms with E-state index in [1.54, 1.807) is 12.3 Å². The summed E-state index contributed by atoms with van der Waals surface area (Å²) in [6.07, 6.45) is 6.19. The topological polar surface area (TPSA) is 87.9 Å². The molecule has 3 aromatic heterocycles. The minimum absolute atomic E-state index is 0.0157. The summed E-state index contributed by atoms with van der Waals surface area (Å²) in [6.45, 7) is 0.505. The van der Waals surface area contributed by atoms with Crippen LogP contribution in [0.15, 0.2) is 29.0 Å². The standard InChI is InChI=1S/C19H17ClFN5O2/c20-12-6-15(22-7-12)18-24-17(25-28-18)11-2-4-13-3-1-10-5-16(21)23-8-14(10)19(27)26(13)9-11/h5-8,11,13,22H,1-4,9H2/t11-,13+/m1/s1. The molecule has 2 aliphatic heterocycles. The molecule has 0 aliphatic carbocycles. The Labute approximate surface area is 164 Å². The molecule has 1 N–H and O–H groups in total. The Morgan fingerprint density at radius 3 is 3.00 bits per heavy atom. The van der Waals surface area contributed by atoms with Crippen LogP contribution < -0.4 is 0 Å². The second-order valence-corrected chi connectivity index (χ2v) is 7.71. The van der Waals surface area contributed by atoms with Gasteiger partial charge in [0.1, 0.15) is 5.69 Å². The van der Waals surface area contributed by atoms with Crippen molar-refractivity contribution in [3.8, 4) is 11.6 Å². The van der Waals surface area contributed by atoms with Crippen LogP contribution in [-0.4, -0.2) is 43.5 Å². The van der Waals surface area contributed by atoms with E-state index in [0.29, 0.717) is 41.0 Å². The molecule has 9 heteroatoms. The van der Waals surface area contributed by atoms with E-state index in [9.17, 15) is 9.18 Å². The van der Waals surface area contributed by atoms with E-state index in [1.807, 2.05) is 4.90 Å². The molecular formula is C19H17ClFN5O2. The lowest BCUT2D eigenvalue weighted by Gasteiger charge is -2.37. The lowest BCUT2D eigenvalue weighted by molar-refractivity contribution is 0.0582. The average Bonchev–Trinajstić information content (AvgIpc) is 3.32. The fourth-order valence-corrected chi connectivity index (χ4v) is 4.30. The summed E-state index contributed by atoms with van der Waals surface area (Å²) in [4.78, 5) is 26.1. The van der Waals surface area contributed by atoms with Gasteiger partial charge in [0, 0.05) is 30.9 Å². The molecule has 5 rings (SSSR count). The summed E-state index contributed by atoms with van der Waals surface area (Å²) in [6, 6.07) is 3.22. The number of rotatable bonds is 2. The van der Waals surface area contributed by atoms with Gasteiger partial charge in [0.05, 0.1) is 10.6 Å². The van der Waals surface area contributed by atoms with Crippen LogP contribution in [0.4, 0.5) is 4.39 Å². The van der Waals surface area contributed by atoms with Crippen LogP contribution in [0.3, 0.4) is 0 Å². The number of aromatic amines is 1. The van der Waals surface area contributed by atoms with Gasteiger partial charge >= 0.3 is 0 Å². The predicted molar refractivity (Wildman–Crippen MR) is 98.4 cm³/mol. The zero-order chi connectivity index (χ0) is 19.3.